The van der Waals surface area contributed by atoms with Gasteiger partial charge in [0.2, 0.25) is 0 Å². The average molecular weight is 729 g/mol. The Morgan fingerprint density at radius 1 is 0.490 bits per heavy atom. The maximum absolute atomic E-state index is 15.2. The van der Waals surface area contributed by atoms with Crippen LogP contribution in [-0.2, 0) is 12.5 Å². The highest BCUT2D eigenvalue weighted by Gasteiger charge is 2.42. The highest BCUT2D eigenvalue weighted by Crippen LogP contribution is 2.41. The second kappa shape index (κ2) is 14.6. The summed E-state index contributed by atoms with van der Waals surface area (Å²) in [5, 5.41) is 0. The number of ether oxygens (including phenoxy) is 2. The number of alkyl halides is 5. The minimum Gasteiger partial charge on any atom is -0.429 e. The number of aryl methyl sites for hydroxylation is 1. The van der Waals surface area contributed by atoms with Crippen molar-refractivity contribution in [1.29, 1.82) is 0 Å². The lowest BCUT2D eigenvalue weighted by molar-refractivity contribution is -0.275. The quantitative estimate of drug-likeness (QED) is 0.0996. The van der Waals surface area contributed by atoms with Crippen LogP contribution in [0.3, 0.4) is 0 Å². The fraction of sp³-hybridized carbons (Fsp3) is 0.189. The summed E-state index contributed by atoms with van der Waals surface area (Å²) in [6.07, 6.45) is -6.37. The molecule has 0 unspecified atom stereocenters. The van der Waals surface area contributed by atoms with Crippen LogP contribution >= 0.6 is 0 Å². The summed E-state index contributed by atoms with van der Waals surface area (Å²) in [7, 11) is 0. The lowest BCUT2D eigenvalue weighted by Gasteiger charge is -2.21. The molecule has 5 rings (SSSR count). The Morgan fingerprint density at radius 2 is 0.980 bits per heavy atom. The van der Waals surface area contributed by atoms with Crippen molar-refractivity contribution in [2.24, 2.45) is 0 Å². The van der Waals surface area contributed by atoms with Crippen LogP contribution in [0.2, 0.25) is 0 Å². The Balaban J connectivity index is 1.39. The SMILES string of the molecule is CCCCCc1ccc(-c2cc(F)c(-c3cc(F)c(C(F)(F)Oc4cc(F)c(-c5ccc(OC(F)(F)F)c(F)c5)c(F)c4)c(F)c3)c(F)c2)cc1. The number of halogens is 12. The van der Waals surface area contributed by atoms with Gasteiger partial charge in [-0.3, -0.25) is 0 Å². The molecule has 0 saturated heterocycles. The molecule has 268 valence electrons. The first-order valence-corrected chi connectivity index (χ1v) is 15.2. The van der Waals surface area contributed by atoms with Crippen molar-refractivity contribution in [3.63, 3.8) is 0 Å². The molecule has 0 fully saturated rings. The molecule has 0 N–H and O–H groups in total. The highest BCUT2D eigenvalue weighted by atomic mass is 19.4. The largest absolute Gasteiger partial charge is 0.573 e. The first-order valence-electron chi connectivity index (χ1n) is 15.2. The van der Waals surface area contributed by atoms with E-state index in [4.69, 9.17) is 0 Å². The van der Waals surface area contributed by atoms with Crippen molar-refractivity contribution in [2.75, 3.05) is 0 Å². The molecule has 5 aromatic carbocycles. The van der Waals surface area contributed by atoms with E-state index in [0.717, 1.165) is 43.4 Å². The molecule has 0 amide bonds. The van der Waals surface area contributed by atoms with Gasteiger partial charge in [-0.15, -0.1) is 13.2 Å². The Labute approximate surface area is 282 Å². The van der Waals surface area contributed by atoms with E-state index < -0.39 is 92.5 Å². The van der Waals surface area contributed by atoms with Crippen LogP contribution in [0.25, 0.3) is 33.4 Å². The topological polar surface area (TPSA) is 18.5 Å². The van der Waals surface area contributed by atoms with Crippen molar-refractivity contribution in [3.8, 4) is 44.9 Å². The molecule has 0 aliphatic rings. The van der Waals surface area contributed by atoms with E-state index in [1.165, 1.54) is 0 Å². The number of rotatable bonds is 11. The van der Waals surface area contributed by atoms with Gasteiger partial charge in [0.25, 0.3) is 0 Å². The minimum absolute atomic E-state index is 0.106. The van der Waals surface area contributed by atoms with Crippen LogP contribution < -0.4 is 9.47 Å². The van der Waals surface area contributed by atoms with Gasteiger partial charge in [0.1, 0.15) is 46.2 Å². The monoisotopic (exact) mass is 728 g/mol. The first kappa shape index (κ1) is 37.1. The standard InChI is InChI=1S/C37H24F12O2/c1-2-3-4-5-19-6-8-20(9-7-19)22-13-26(39)34(27(40)14-22)23-15-30(43)35(31(44)16-23)36(45,46)50-24-17-28(41)33(29(42)18-24)21-10-11-32(25(38)12-21)51-37(47,48)49/h6-18H,2-5H2,1H3. The zero-order chi connectivity index (χ0) is 37.2. The molecule has 14 heteroatoms. The van der Waals surface area contributed by atoms with Crippen molar-refractivity contribution in [1.82, 2.24) is 0 Å². The van der Waals surface area contributed by atoms with Crippen LogP contribution in [0.5, 0.6) is 11.5 Å². The highest BCUT2D eigenvalue weighted by molar-refractivity contribution is 5.72. The maximum atomic E-state index is 15.2. The normalized spacial score (nSPS) is 11.9. The number of unbranched alkanes of at least 4 members (excludes halogenated alkanes) is 2. The Kier molecular flexibility index (Phi) is 10.6. The number of hydrogen-bond donors (Lipinski definition) is 0. The van der Waals surface area contributed by atoms with Gasteiger partial charge in [-0.25, -0.2) is 30.7 Å². The molecule has 0 radical (unpaired) electrons. The van der Waals surface area contributed by atoms with E-state index in [1.807, 2.05) is 0 Å². The van der Waals surface area contributed by atoms with Crippen LogP contribution in [0, 0.1) is 40.7 Å². The molecular weight excluding hydrogens is 704 g/mol. The molecule has 0 heterocycles. The van der Waals surface area contributed by atoms with Crippen molar-refractivity contribution in [3.05, 3.63) is 131 Å². The zero-order valence-electron chi connectivity index (χ0n) is 26.2. The van der Waals surface area contributed by atoms with E-state index >= 15 is 26.3 Å². The zero-order valence-corrected chi connectivity index (χ0v) is 26.2. The summed E-state index contributed by atoms with van der Waals surface area (Å²) in [6, 6.07) is 10.9. The number of benzene rings is 5. The number of hydrogen-bond acceptors (Lipinski definition) is 2. The van der Waals surface area contributed by atoms with Gasteiger partial charge in [-0.1, -0.05) is 50.1 Å². The van der Waals surface area contributed by atoms with Gasteiger partial charge in [0.05, 0.1) is 11.1 Å². The van der Waals surface area contributed by atoms with Gasteiger partial charge in [0, 0.05) is 12.1 Å². The van der Waals surface area contributed by atoms with E-state index in [1.54, 1.807) is 24.3 Å². The van der Waals surface area contributed by atoms with Crippen molar-refractivity contribution < 1.29 is 62.2 Å². The molecule has 0 aromatic heterocycles. The van der Waals surface area contributed by atoms with E-state index in [9.17, 15) is 26.3 Å². The van der Waals surface area contributed by atoms with Crippen LogP contribution in [0.1, 0.15) is 37.3 Å². The second-order valence-electron chi connectivity index (χ2n) is 11.4. The summed E-state index contributed by atoms with van der Waals surface area (Å²) in [6.45, 7) is 2.07. The van der Waals surface area contributed by atoms with Crippen LogP contribution in [-0.4, -0.2) is 6.36 Å². The van der Waals surface area contributed by atoms with Crippen LogP contribution in [0.4, 0.5) is 52.7 Å². The summed E-state index contributed by atoms with van der Waals surface area (Å²) >= 11 is 0. The fourth-order valence-corrected chi connectivity index (χ4v) is 5.40. The molecule has 0 bridgehead atoms. The fourth-order valence-electron chi connectivity index (χ4n) is 5.40. The summed E-state index contributed by atoms with van der Waals surface area (Å²) < 4.78 is 179. The predicted octanol–water partition coefficient (Wildman–Crippen LogP) is 12.4. The van der Waals surface area contributed by atoms with Gasteiger partial charge in [-0.05, 0) is 77.1 Å². The molecule has 5 aromatic rings. The van der Waals surface area contributed by atoms with Gasteiger partial charge >= 0.3 is 12.5 Å². The summed E-state index contributed by atoms with van der Waals surface area (Å²) in [5.74, 6) is -14.2. The Morgan fingerprint density at radius 3 is 1.51 bits per heavy atom. The first-order chi connectivity index (χ1) is 24.0. The third-order valence-electron chi connectivity index (χ3n) is 7.73. The molecule has 0 atom stereocenters. The average Bonchev–Trinajstić information content (AvgIpc) is 3.01. The third kappa shape index (κ3) is 8.43. The van der Waals surface area contributed by atoms with Gasteiger partial charge < -0.3 is 9.47 Å². The Bertz CT molecular complexity index is 1990. The lowest BCUT2D eigenvalue weighted by atomic mass is 9.96. The molecule has 51 heavy (non-hydrogen) atoms. The molecule has 0 spiro atoms. The van der Waals surface area contributed by atoms with E-state index in [-0.39, 0.29) is 35.9 Å². The van der Waals surface area contributed by atoms with Crippen LogP contribution in [0.15, 0.2) is 78.9 Å². The smallest absolute Gasteiger partial charge is 0.429 e. The lowest BCUT2D eigenvalue weighted by Crippen LogP contribution is -2.25. The summed E-state index contributed by atoms with van der Waals surface area (Å²) in [4.78, 5) is 0. The van der Waals surface area contributed by atoms with Crippen molar-refractivity contribution >= 4 is 0 Å². The molecule has 0 aliphatic heterocycles. The predicted molar refractivity (Wildman–Crippen MR) is 163 cm³/mol. The van der Waals surface area contributed by atoms with Gasteiger partial charge in [-0.2, -0.15) is 8.78 Å². The molecule has 2 nitrogen and oxygen atoms in total. The van der Waals surface area contributed by atoms with E-state index in [0.29, 0.717) is 17.7 Å². The molecule has 0 aliphatic carbocycles. The summed E-state index contributed by atoms with van der Waals surface area (Å²) in [5.41, 5.74) is -3.91. The maximum Gasteiger partial charge on any atom is 0.573 e. The minimum atomic E-state index is -5.28. The molecular formula is C37H24F12O2. The second-order valence-corrected chi connectivity index (χ2v) is 11.4. The van der Waals surface area contributed by atoms with Crippen molar-refractivity contribution in [2.45, 2.75) is 45.1 Å². The van der Waals surface area contributed by atoms with E-state index in [2.05, 4.69) is 16.4 Å². The molecule has 0 saturated carbocycles. The Hall–Kier alpha value is -5.14. The van der Waals surface area contributed by atoms with Gasteiger partial charge in [0.15, 0.2) is 11.6 Å². The third-order valence-corrected chi connectivity index (χ3v) is 7.73.